The van der Waals surface area contributed by atoms with E-state index in [1.54, 1.807) is 25.5 Å². The van der Waals surface area contributed by atoms with Crippen molar-refractivity contribution in [1.82, 2.24) is 15.0 Å². The predicted octanol–water partition coefficient (Wildman–Crippen LogP) is 0.874. The average molecular weight is 202 g/mol. The van der Waals surface area contributed by atoms with E-state index in [1.807, 2.05) is 0 Å². The van der Waals surface area contributed by atoms with Crippen molar-refractivity contribution in [3.05, 3.63) is 40.8 Å². The number of pyridine rings is 1. The highest BCUT2D eigenvalue weighted by molar-refractivity contribution is 5.54. The van der Waals surface area contributed by atoms with Gasteiger partial charge in [-0.3, -0.25) is 4.79 Å². The standard InChI is InChI=1S/C10H10N4O/c1-11-10-13-5-3-8(14-10)9-6-7(15)2-4-12-9/h2-6H,1H3,(H,12,15)(H,11,13,14). The summed E-state index contributed by atoms with van der Waals surface area (Å²) >= 11 is 0. The van der Waals surface area contributed by atoms with Crippen molar-refractivity contribution < 1.29 is 0 Å². The van der Waals surface area contributed by atoms with Crippen molar-refractivity contribution in [3.63, 3.8) is 0 Å². The zero-order valence-corrected chi connectivity index (χ0v) is 8.19. The maximum Gasteiger partial charge on any atom is 0.222 e. The van der Waals surface area contributed by atoms with Crippen molar-refractivity contribution >= 4 is 5.95 Å². The number of aromatic nitrogens is 3. The molecule has 2 N–H and O–H groups in total. The number of hydrogen-bond donors (Lipinski definition) is 2. The van der Waals surface area contributed by atoms with E-state index in [-0.39, 0.29) is 5.43 Å². The molecule has 0 saturated carbocycles. The van der Waals surface area contributed by atoms with Crippen LogP contribution in [0.1, 0.15) is 0 Å². The molecule has 0 fully saturated rings. The van der Waals surface area contributed by atoms with Crippen LogP contribution in [0.25, 0.3) is 11.4 Å². The lowest BCUT2D eigenvalue weighted by Crippen LogP contribution is -2.01. The number of H-pyrrole nitrogens is 1. The number of nitrogens with one attached hydrogen (secondary N) is 2. The fraction of sp³-hybridized carbons (Fsp3) is 0.100. The minimum absolute atomic E-state index is 0.0478. The normalized spacial score (nSPS) is 9.93. The summed E-state index contributed by atoms with van der Waals surface area (Å²) in [4.78, 5) is 22.3. The molecule has 15 heavy (non-hydrogen) atoms. The summed E-state index contributed by atoms with van der Waals surface area (Å²) in [5.74, 6) is 0.525. The molecule has 0 bridgehead atoms. The third kappa shape index (κ3) is 2.01. The molecule has 2 aromatic heterocycles. The van der Waals surface area contributed by atoms with Gasteiger partial charge in [-0.25, -0.2) is 9.97 Å². The lowest BCUT2D eigenvalue weighted by atomic mass is 10.2. The summed E-state index contributed by atoms with van der Waals surface area (Å²) in [7, 11) is 1.74. The summed E-state index contributed by atoms with van der Waals surface area (Å²) in [6, 6.07) is 4.71. The largest absolute Gasteiger partial charge is 0.360 e. The minimum atomic E-state index is -0.0478. The van der Waals surface area contributed by atoms with Gasteiger partial charge in [0.05, 0.1) is 11.4 Å². The van der Waals surface area contributed by atoms with Crippen LogP contribution in [-0.2, 0) is 0 Å². The van der Waals surface area contributed by atoms with Gasteiger partial charge in [0.1, 0.15) is 0 Å². The van der Waals surface area contributed by atoms with Gasteiger partial charge in [-0.2, -0.15) is 0 Å². The molecule has 0 aliphatic heterocycles. The molecule has 0 aliphatic carbocycles. The Balaban J connectivity index is 2.49. The molecule has 5 nitrogen and oxygen atoms in total. The molecule has 0 saturated heterocycles. The van der Waals surface area contributed by atoms with Crippen LogP contribution in [0.3, 0.4) is 0 Å². The second kappa shape index (κ2) is 3.91. The van der Waals surface area contributed by atoms with Crippen molar-refractivity contribution in [3.8, 4) is 11.4 Å². The third-order valence-corrected chi connectivity index (χ3v) is 1.93. The SMILES string of the molecule is CNc1nccc(-c2cc(=O)cc[nH]2)n1. The Morgan fingerprint density at radius 2 is 2.27 bits per heavy atom. The zero-order chi connectivity index (χ0) is 10.7. The number of aromatic amines is 1. The summed E-state index contributed by atoms with van der Waals surface area (Å²) in [6.45, 7) is 0. The predicted molar refractivity (Wildman–Crippen MR) is 57.6 cm³/mol. The quantitative estimate of drug-likeness (QED) is 0.758. The Morgan fingerprint density at radius 1 is 1.40 bits per heavy atom. The first kappa shape index (κ1) is 9.39. The molecular weight excluding hydrogens is 192 g/mol. The first-order chi connectivity index (χ1) is 7.29. The Kier molecular flexibility index (Phi) is 2.45. The van der Waals surface area contributed by atoms with E-state index in [1.165, 1.54) is 12.1 Å². The molecular formula is C10H10N4O. The van der Waals surface area contributed by atoms with Crippen LogP contribution in [-0.4, -0.2) is 22.0 Å². The van der Waals surface area contributed by atoms with E-state index in [4.69, 9.17) is 0 Å². The highest BCUT2D eigenvalue weighted by atomic mass is 16.1. The topological polar surface area (TPSA) is 70.7 Å². The Labute approximate surface area is 86.2 Å². The average Bonchev–Trinajstić information content (AvgIpc) is 2.29. The smallest absolute Gasteiger partial charge is 0.222 e. The lowest BCUT2D eigenvalue weighted by Gasteiger charge is -2.02. The number of nitrogens with zero attached hydrogens (tertiary/aromatic N) is 2. The zero-order valence-electron chi connectivity index (χ0n) is 8.19. The monoisotopic (exact) mass is 202 g/mol. The lowest BCUT2D eigenvalue weighted by molar-refractivity contribution is 1.14. The first-order valence-corrected chi connectivity index (χ1v) is 4.49. The molecule has 0 aliphatic rings. The van der Waals surface area contributed by atoms with Gasteiger partial charge in [-0.05, 0) is 6.07 Å². The fourth-order valence-corrected chi connectivity index (χ4v) is 1.22. The summed E-state index contributed by atoms with van der Waals surface area (Å²) in [6.07, 6.45) is 3.23. The van der Waals surface area contributed by atoms with Crippen LogP contribution in [0.2, 0.25) is 0 Å². The molecule has 0 atom stereocenters. The molecule has 0 unspecified atom stereocenters. The number of anilines is 1. The highest BCUT2D eigenvalue weighted by Crippen LogP contribution is 2.12. The number of hydrogen-bond acceptors (Lipinski definition) is 4. The Hall–Kier alpha value is -2.17. The number of rotatable bonds is 2. The van der Waals surface area contributed by atoms with Crippen LogP contribution >= 0.6 is 0 Å². The molecule has 76 valence electrons. The van der Waals surface area contributed by atoms with Crippen LogP contribution < -0.4 is 10.7 Å². The summed E-state index contributed by atoms with van der Waals surface area (Å²) in [5.41, 5.74) is 1.32. The second-order valence-corrected chi connectivity index (χ2v) is 2.95. The van der Waals surface area contributed by atoms with Crippen LogP contribution in [0.4, 0.5) is 5.95 Å². The van der Waals surface area contributed by atoms with Crippen molar-refractivity contribution in [2.45, 2.75) is 0 Å². The second-order valence-electron chi connectivity index (χ2n) is 2.95. The molecule has 0 radical (unpaired) electrons. The molecule has 0 spiro atoms. The molecule has 0 amide bonds. The molecule has 2 aromatic rings. The van der Waals surface area contributed by atoms with Gasteiger partial charge < -0.3 is 10.3 Å². The minimum Gasteiger partial charge on any atom is -0.360 e. The summed E-state index contributed by atoms with van der Waals surface area (Å²) in [5, 5.41) is 2.84. The Bertz CT molecular complexity index is 521. The van der Waals surface area contributed by atoms with E-state index in [0.717, 1.165) is 0 Å². The molecule has 5 heteroatoms. The molecule has 2 heterocycles. The van der Waals surface area contributed by atoms with Gasteiger partial charge in [0.15, 0.2) is 5.43 Å². The van der Waals surface area contributed by atoms with Gasteiger partial charge in [0.25, 0.3) is 0 Å². The van der Waals surface area contributed by atoms with Gasteiger partial charge in [-0.15, -0.1) is 0 Å². The summed E-state index contributed by atoms with van der Waals surface area (Å²) < 4.78 is 0. The van der Waals surface area contributed by atoms with E-state index >= 15 is 0 Å². The highest BCUT2D eigenvalue weighted by Gasteiger charge is 2.01. The van der Waals surface area contributed by atoms with Crippen molar-refractivity contribution in [2.24, 2.45) is 0 Å². The fourth-order valence-electron chi connectivity index (χ4n) is 1.22. The van der Waals surface area contributed by atoms with Gasteiger partial charge >= 0.3 is 0 Å². The Morgan fingerprint density at radius 3 is 3.00 bits per heavy atom. The van der Waals surface area contributed by atoms with E-state index < -0.39 is 0 Å². The van der Waals surface area contributed by atoms with E-state index in [9.17, 15) is 4.79 Å². The van der Waals surface area contributed by atoms with Crippen LogP contribution in [0.5, 0.6) is 0 Å². The van der Waals surface area contributed by atoms with Crippen molar-refractivity contribution in [1.29, 1.82) is 0 Å². The molecule has 2 rings (SSSR count). The van der Waals surface area contributed by atoms with Crippen LogP contribution in [0, 0.1) is 0 Å². The van der Waals surface area contributed by atoms with E-state index in [2.05, 4.69) is 20.3 Å². The van der Waals surface area contributed by atoms with E-state index in [0.29, 0.717) is 17.3 Å². The van der Waals surface area contributed by atoms with Crippen molar-refractivity contribution in [2.75, 3.05) is 12.4 Å². The van der Waals surface area contributed by atoms with Gasteiger partial charge in [-0.1, -0.05) is 0 Å². The maximum absolute atomic E-state index is 11.1. The van der Waals surface area contributed by atoms with Gasteiger partial charge in [0, 0.05) is 31.6 Å². The molecule has 0 aromatic carbocycles. The first-order valence-electron chi connectivity index (χ1n) is 4.49. The van der Waals surface area contributed by atoms with Gasteiger partial charge in [0.2, 0.25) is 5.95 Å². The van der Waals surface area contributed by atoms with Crippen LogP contribution in [0.15, 0.2) is 35.4 Å². The maximum atomic E-state index is 11.1. The third-order valence-electron chi connectivity index (χ3n) is 1.93.